The van der Waals surface area contributed by atoms with E-state index in [2.05, 4.69) is 10.3 Å². The third-order valence-electron chi connectivity index (χ3n) is 3.77. The van der Waals surface area contributed by atoms with Crippen LogP contribution in [0.15, 0.2) is 42.5 Å². The first-order chi connectivity index (χ1) is 13.5. The van der Waals surface area contributed by atoms with Crippen molar-refractivity contribution in [3.63, 3.8) is 0 Å². The predicted octanol–water partition coefficient (Wildman–Crippen LogP) is 4.46. The molecule has 0 aliphatic rings. The zero-order valence-corrected chi connectivity index (χ0v) is 16.8. The number of hydrogen-bond acceptors (Lipinski definition) is 6. The normalized spacial score (nSPS) is 11.0. The number of fused-ring (bicyclic) bond motifs is 1. The number of rotatable bonds is 6. The zero-order chi connectivity index (χ0) is 20.1. The Morgan fingerprint density at radius 2 is 2.07 bits per heavy atom. The van der Waals surface area contributed by atoms with Gasteiger partial charge in [-0.15, -0.1) is 11.3 Å². The lowest BCUT2D eigenvalue weighted by Gasteiger charge is -2.12. The number of para-hydroxylation sites is 1. The molecule has 0 bridgehead atoms. The Hall–Kier alpha value is -2.90. The van der Waals surface area contributed by atoms with Gasteiger partial charge in [0.2, 0.25) is 0 Å². The summed E-state index contributed by atoms with van der Waals surface area (Å²) in [7, 11) is 1.48. The first-order valence-electron chi connectivity index (χ1n) is 8.30. The number of nitrogens with one attached hydrogen (secondary N) is 1. The standard InChI is InChI=1S/C20H17ClN2O4S/c1-12-9-15(16(26-2)10-13(12)21)22-18(24)11-27-20(25)8-7-19-23-14-5-3-4-6-17(14)28-19/h3-10H,11H2,1-2H3,(H,22,24)/b8-7+. The van der Waals surface area contributed by atoms with Gasteiger partial charge < -0.3 is 14.8 Å². The number of aromatic nitrogens is 1. The molecule has 3 rings (SSSR count). The second kappa shape index (κ2) is 8.86. The Balaban J connectivity index is 1.55. The quantitative estimate of drug-likeness (QED) is 0.474. The molecule has 144 valence electrons. The largest absolute Gasteiger partial charge is 0.495 e. The van der Waals surface area contributed by atoms with Crippen LogP contribution in [0.1, 0.15) is 10.6 Å². The Kier molecular flexibility index (Phi) is 6.28. The topological polar surface area (TPSA) is 77.5 Å². The van der Waals surface area contributed by atoms with Crippen LogP contribution >= 0.6 is 22.9 Å². The number of nitrogens with zero attached hydrogens (tertiary/aromatic N) is 1. The van der Waals surface area contributed by atoms with Gasteiger partial charge in [0.1, 0.15) is 10.8 Å². The van der Waals surface area contributed by atoms with Crippen molar-refractivity contribution in [2.45, 2.75) is 6.92 Å². The van der Waals surface area contributed by atoms with E-state index in [0.29, 0.717) is 21.5 Å². The monoisotopic (exact) mass is 416 g/mol. The summed E-state index contributed by atoms with van der Waals surface area (Å²) >= 11 is 7.50. The predicted molar refractivity (Wildman–Crippen MR) is 111 cm³/mol. The molecule has 0 unspecified atom stereocenters. The summed E-state index contributed by atoms with van der Waals surface area (Å²) in [5.41, 5.74) is 2.11. The molecule has 0 atom stereocenters. The fraction of sp³-hybridized carbons (Fsp3) is 0.150. The minimum Gasteiger partial charge on any atom is -0.495 e. The molecule has 28 heavy (non-hydrogen) atoms. The minimum absolute atomic E-state index is 0.422. The van der Waals surface area contributed by atoms with Crippen molar-refractivity contribution in [3.8, 4) is 5.75 Å². The Morgan fingerprint density at radius 1 is 1.29 bits per heavy atom. The highest BCUT2D eigenvalue weighted by Crippen LogP contribution is 2.30. The number of thiazole rings is 1. The molecule has 1 aromatic heterocycles. The van der Waals surface area contributed by atoms with E-state index in [4.69, 9.17) is 21.1 Å². The number of ether oxygens (including phenoxy) is 2. The van der Waals surface area contributed by atoms with Crippen LogP contribution in [-0.4, -0.2) is 30.6 Å². The van der Waals surface area contributed by atoms with E-state index >= 15 is 0 Å². The Bertz CT molecular complexity index is 1030. The number of esters is 1. The molecular formula is C20H17ClN2O4S. The van der Waals surface area contributed by atoms with Gasteiger partial charge in [0.05, 0.1) is 23.0 Å². The maximum Gasteiger partial charge on any atom is 0.331 e. The van der Waals surface area contributed by atoms with Gasteiger partial charge in [0.15, 0.2) is 6.61 Å². The average Bonchev–Trinajstić information content (AvgIpc) is 3.10. The summed E-state index contributed by atoms with van der Waals surface area (Å²) in [6.07, 6.45) is 2.81. The van der Waals surface area contributed by atoms with Crippen molar-refractivity contribution in [2.75, 3.05) is 19.0 Å². The van der Waals surface area contributed by atoms with Crippen molar-refractivity contribution in [2.24, 2.45) is 0 Å². The molecule has 3 aromatic rings. The lowest BCUT2D eigenvalue weighted by molar-refractivity contribution is -0.142. The molecule has 0 fully saturated rings. The molecule has 0 saturated carbocycles. The SMILES string of the molecule is COc1cc(Cl)c(C)cc1NC(=O)COC(=O)/C=C/c1nc2ccccc2s1. The minimum atomic E-state index is -0.631. The molecule has 1 N–H and O–H groups in total. The molecule has 1 heterocycles. The van der Waals surface area contributed by atoms with Crippen LogP contribution in [0.2, 0.25) is 5.02 Å². The van der Waals surface area contributed by atoms with E-state index in [1.54, 1.807) is 18.2 Å². The van der Waals surface area contributed by atoms with Gasteiger partial charge in [0.25, 0.3) is 5.91 Å². The summed E-state index contributed by atoms with van der Waals surface area (Å²) in [6, 6.07) is 11.0. The van der Waals surface area contributed by atoms with E-state index in [0.717, 1.165) is 15.8 Å². The van der Waals surface area contributed by atoms with E-state index in [1.807, 2.05) is 31.2 Å². The number of hydrogen-bond donors (Lipinski definition) is 1. The second-order valence-electron chi connectivity index (χ2n) is 5.81. The highest BCUT2D eigenvalue weighted by Gasteiger charge is 2.12. The Labute approximate surface area is 170 Å². The molecule has 0 saturated heterocycles. The number of amides is 1. The van der Waals surface area contributed by atoms with Crippen molar-refractivity contribution in [3.05, 3.63) is 58.1 Å². The van der Waals surface area contributed by atoms with Gasteiger partial charge in [-0.05, 0) is 36.8 Å². The van der Waals surface area contributed by atoms with Gasteiger partial charge in [0, 0.05) is 17.2 Å². The summed E-state index contributed by atoms with van der Waals surface area (Å²) in [5, 5.41) is 3.86. The maximum absolute atomic E-state index is 12.1. The van der Waals surface area contributed by atoms with E-state index in [-0.39, 0.29) is 0 Å². The third kappa shape index (κ3) is 4.88. The van der Waals surface area contributed by atoms with Crippen molar-refractivity contribution < 1.29 is 19.1 Å². The van der Waals surface area contributed by atoms with E-state index in [9.17, 15) is 9.59 Å². The fourth-order valence-electron chi connectivity index (χ4n) is 2.40. The average molecular weight is 417 g/mol. The van der Waals surface area contributed by atoms with Crippen molar-refractivity contribution in [1.29, 1.82) is 0 Å². The number of carbonyl (C=O) groups excluding carboxylic acids is 2. The molecule has 0 radical (unpaired) electrons. The summed E-state index contributed by atoms with van der Waals surface area (Å²) < 4.78 is 11.2. The van der Waals surface area contributed by atoms with Gasteiger partial charge in [-0.1, -0.05) is 23.7 Å². The van der Waals surface area contributed by atoms with Crippen LogP contribution in [0.5, 0.6) is 5.75 Å². The number of aryl methyl sites for hydroxylation is 1. The van der Waals surface area contributed by atoms with E-state index in [1.165, 1.54) is 24.5 Å². The summed E-state index contributed by atoms with van der Waals surface area (Å²) in [5.74, 6) is -0.693. The highest BCUT2D eigenvalue weighted by atomic mass is 35.5. The molecule has 0 spiro atoms. The van der Waals surface area contributed by atoms with Crippen molar-refractivity contribution in [1.82, 2.24) is 4.98 Å². The highest BCUT2D eigenvalue weighted by molar-refractivity contribution is 7.19. The van der Waals surface area contributed by atoms with Gasteiger partial charge in [-0.3, -0.25) is 4.79 Å². The smallest absolute Gasteiger partial charge is 0.331 e. The maximum atomic E-state index is 12.1. The molecule has 1 amide bonds. The summed E-state index contributed by atoms with van der Waals surface area (Å²) in [6.45, 7) is 1.39. The Morgan fingerprint density at radius 3 is 2.82 bits per heavy atom. The van der Waals surface area contributed by atoms with Gasteiger partial charge >= 0.3 is 5.97 Å². The first-order valence-corrected chi connectivity index (χ1v) is 9.50. The fourth-order valence-corrected chi connectivity index (χ4v) is 3.43. The van der Waals surface area contributed by atoms with Gasteiger partial charge in [-0.2, -0.15) is 0 Å². The first kappa shape index (κ1) is 19.9. The van der Waals surface area contributed by atoms with Crippen LogP contribution in [0.3, 0.4) is 0 Å². The number of carbonyl (C=O) groups is 2. The lowest BCUT2D eigenvalue weighted by atomic mass is 10.2. The van der Waals surface area contributed by atoms with Gasteiger partial charge in [-0.25, -0.2) is 9.78 Å². The number of halogens is 1. The number of benzene rings is 2. The van der Waals surface area contributed by atoms with Crippen LogP contribution in [0.4, 0.5) is 5.69 Å². The molecule has 2 aromatic carbocycles. The van der Waals surface area contributed by atoms with Crippen LogP contribution < -0.4 is 10.1 Å². The third-order valence-corrected chi connectivity index (χ3v) is 5.18. The van der Waals surface area contributed by atoms with Crippen LogP contribution in [0, 0.1) is 6.92 Å². The molecule has 0 aliphatic carbocycles. The second-order valence-corrected chi connectivity index (χ2v) is 7.28. The molecule has 0 aliphatic heterocycles. The summed E-state index contributed by atoms with van der Waals surface area (Å²) in [4.78, 5) is 28.3. The zero-order valence-electron chi connectivity index (χ0n) is 15.2. The van der Waals surface area contributed by atoms with Crippen LogP contribution in [0.25, 0.3) is 16.3 Å². The number of anilines is 1. The van der Waals surface area contributed by atoms with Crippen molar-refractivity contribution >= 4 is 56.8 Å². The molecule has 8 heteroatoms. The van der Waals surface area contributed by atoms with Crippen LogP contribution in [-0.2, 0) is 14.3 Å². The number of methoxy groups -OCH3 is 1. The van der Waals surface area contributed by atoms with E-state index < -0.39 is 18.5 Å². The molecule has 6 nitrogen and oxygen atoms in total. The lowest BCUT2D eigenvalue weighted by Crippen LogP contribution is -2.20. The molecular weight excluding hydrogens is 400 g/mol.